The number of carbonyl (C=O) groups is 2. The first kappa shape index (κ1) is 30.8. The summed E-state index contributed by atoms with van der Waals surface area (Å²) in [5.74, 6) is 0.614. The van der Waals surface area contributed by atoms with Gasteiger partial charge in [0.2, 0.25) is 17.7 Å². The van der Waals surface area contributed by atoms with E-state index in [0.717, 1.165) is 37.7 Å². The van der Waals surface area contributed by atoms with Crippen LogP contribution >= 0.6 is 0 Å². The summed E-state index contributed by atoms with van der Waals surface area (Å²) in [6, 6.07) is 12.1. The van der Waals surface area contributed by atoms with Gasteiger partial charge in [0.25, 0.3) is 0 Å². The topological polar surface area (TPSA) is 119 Å². The first-order chi connectivity index (χ1) is 22.5. The number of nitrogens with one attached hydrogen (secondary N) is 2. The number of rotatable bonds is 7. The van der Waals surface area contributed by atoms with Gasteiger partial charge in [0.15, 0.2) is 0 Å². The number of halogens is 1. The van der Waals surface area contributed by atoms with Crippen molar-refractivity contribution in [3.05, 3.63) is 66.2 Å². The Labute approximate surface area is 273 Å². The van der Waals surface area contributed by atoms with E-state index in [1.54, 1.807) is 35.5 Å². The number of hydrogen-bond donors (Lipinski definition) is 2. The van der Waals surface area contributed by atoms with Gasteiger partial charge in [-0.15, -0.1) is 0 Å². The van der Waals surface area contributed by atoms with Crippen LogP contribution in [-0.2, 0) is 9.53 Å². The number of anilines is 2. The largest absolute Gasteiger partial charge is 0.444 e. The molecule has 2 amide bonds. The van der Waals surface area contributed by atoms with Crippen molar-refractivity contribution in [2.75, 3.05) is 23.7 Å². The van der Waals surface area contributed by atoms with Crippen LogP contribution in [0.1, 0.15) is 58.4 Å². The molecule has 2 aliphatic carbocycles. The van der Waals surface area contributed by atoms with Crippen molar-refractivity contribution >= 4 is 34.4 Å². The zero-order chi connectivity index (χ0) is 32.9. The number of pyridine rings is 1. The third-order valence-corrected chi connectivity index (χ3v) is 9.25. The second-order valence-corrected chi connectivity index (χ2v) is 14.0. The van der Waals surface area contributed by atoms with Crippen LogP contribution in [0.3, 0.4) is 0 Å². The normalized spacial score (nSPS) is 19.7. The molecule has 4 aromatic rings. The highest BCUT2D eigenvalue weighted by Gasteiger charge is 2.65. The summed E-state index contributed by atoms with van der Waals surface area (Å²) in [5, 5.41) is 7.48. The number of hydrogen-bond acceptors (Lipinski definition) is 8. The molecule has 7 rings (SSSR count). The van der Waals surface area contributed by atoms with E-state index in [1.807, 2.05) is 45.9 Å². The fourth-order valence-electron chi connectivity index (χ4n) is 6.48. The van der Waals surface area contributed by atoms with Gasteiger partial charge in [-0.1, -0.05) is 12.1 Å². The Morgan fingerprint density at radius 1 is 1.04 bits per heavy atom. The van der Waals surface area contributed by atoms with Gasteiger partial charge in [0.05, 0.1) is 16.9 Å². The van der Waals surface area contributed by atoms with Gasteiger partial charge in [-0.2, -0.15) is 0 Å². The summed E-state index contributed by atoms with van der Waals surface area (Å²) < 4.78 is 27.2. The number of likely N-dealkylation sites (tertiary alicyclic amines) is 1. The quantitative estimate of drug-likeness (QED) is 0.214. The molecule has 2 N–H and O–H groups in total. The number of fused-ring (bicyclic) bond motifs is 1. The van der Waals surface area contributed by atoms with Gasteiger partial charge in [0.1, 0.15) is 17.2 Å². The Bertz CT molecular complexity index is 1870. The van der Waals surface area contributed by atoms with Gasteiger partial charge in [-0.3, -0.25) is 4.79 Å². The number of nitrogens with zero attached hydrogens (tertiary/aromatic N) is 4. The van der Waals surface area contributed by atoms with E-state index < -0.39 is 11.4 Å². The molecule has 3 aliphatic rings. The average Bonchev–Trinajstić information content (AvgIpc) is 3.97. The van der Waals surface area contributed by atoms with Crippen LogP contribution in [-0.4, -0.2) is 56.6 Å². The minimum atomic E-state index is -0.563. The number of carbonyl (C=O) groups excluding carboxylic acids is 2. The number of piperidine rings is 1. The lowest BCUT2D eigenvalue weighted by molar-refractivity contribution is -0.117. The standard InChI is InChI=1S/C36H39FN6O4/c1-21-9-10-23-24(11-12-27(37)29(23)42-31(44)26-19-36(26)14-15-36)30(21)46-32-25(8-5-16-38-32)28-13-17-39-33(41-28)40-22-7-6-18-43(20-22)34(45)47-35(2,3)4/h5,8-13,16-17,22,26H,6-7,14-15,18-20H2,1-4H3,(H,42,44)(H,39,40,41)/t22-,26?/m0/s1. The smallest absolute Gasteiger partial charge is 0.410 e. The summed E-state index contributed by atoms with van der Waals surface area (Å²) in [5.41, 5.74) is 1.84. The Morgan fingerprint density at radius 2 is 1.85 bits per heavy atom. The molecule has 2 atom stereocenters. The van der Waals surface area contributed by atoms with Crippen molar-refractivity contribution in [3.8, 4) is 22.9 Å². The Balaban J connectivity index is 1.12. The monoisotopic (exact) mass is 638 g/mol. The molecule has 2 aromatic carbocycles. The highest BCUT2D eigenvalue weighted by molar-refractivity contribution is 6.06. The third-order valence-electron chi connectivity index (χ3n) is 9.25. The van der Waals surface area contributed by atoms with Crippen molar-refractivity contribution in [1.82, 2.24) is 19.9 Å². The number of aryl methyl sites for hydroxylation is 1. The Hall–Kier alpha value is -4.80. The average molecular weight is 639 g/mol. The predicted molar refractivity (Wildman–Crippen MR) is 177 cm³/mol. The van der Waals surface area contributed by atoms with Crippen molar-refractivity contribution in [3.63, 3.8) is 0 Å². The van der Waals surface area contributed by atoms with E-state index in [1.165, 1.54) is 6.07 Å². The van der Waals surface area contributed by atoms with E-state index in [4.69, 9.17) is 14.5 Å². The third kappa shape index (κ3) is 6.43. The maximum absolute atomic E-state index is 15.1. The summed E-state index contributed by atoms with van der Waals surface area (Å²) in [6.07, 6.45) is 7.70. The molecule has 11 heteroatoms. The van der Waals surface area contributed by atoms with Crippen LogP contribution in [0.5, 0.6) is 11.6 Å². The maximum atomic E-state index is 15.1. The van der Waals surface area contributed by atoms with Gasteiger partial charge in [0, 0.05) is 48.2 Å². The van der Waals surface area contributed by atoms with Crippen LogP contribution < -0.4 is 15.4 Å². The highest BCUT2D eigenvalue weighted by atomic mass is 19.1. The molecule has 1 saturated heterocycles. The van der Waals surface area contributed by atoms with E-state index in [0.29, 0.717) is 52.7 Å². The van der Waals surface area contributed by atoms with Gasteiger partial charge >= 0.3 is 6.09 Å². The molecule has 1 unspecified atom stereocenters. The van der Waals surface area contributed by atoms with Crippen LogP contribution in [0.4, 0.5) is 20.8 Å². The molecule has 47 heavy (non-hydrogen) atoms. The van der Waals surface area contributed by atoms with Gasteiger partial charge in [-0.05, 0) is 101 Å². The van der Waals surface area contributed by atoms with Crippen molar-refractivity contribution in [2.45, 2.75) is 71.4 Å². The lowest BCUT2D eigenvalue weighted by Gasteiger charge is -2.34. The van der Waals surface area contributed by atoms with Crippen molar-refractivity contribution in [2.24, 2.45) is 11.3 Å². The summed E-state index contributed by atoms with van der Waals surface area (Å²) >= 11 is 0. The Morgan fingerprint density at radius 3 is 2.62 bits per heavy atom. The first-order valence-electron chi connectivity index (χ1n) is 16.2. The summed E-state index contributed by atoms with van der Waals surface area (Å²) in [6.45, 7) is 8.61. The Kier molecular flexibility index (Phi) is 7.72. The molecule has 1 spiro atoms. The molecule has 3 fully saturated rings. The molecule has 3 heterocycles. The summed E-state index contributed by atoms with van der Waals surface area (Å²) in [4.78, 5) is 41.1. The minimum absolute atomic E-state index is 0.0383. The number of benzene rings is 2. The number of aromatic nitrogens is 3. The highest BCUT2D eigenvalue weighted by Crippen LogP contribution is 2.70. The SMILES string of the molecule is Cc1ccc2c(NC(=O)C3CC34CC4)c(F)ccc2c1Oc1ncccc1-c1ccnc(N[C@H]2CCCN(C(=O)OC(C)(C)C)C2)n1. The van der Waals surface area contributed by atoms with Gasteiger partial charge < -0.3 is 25.0 Å². The summed E-state index contributed by atoms with van der Waals surface area (Å²) in [7, 11) is 0. The molecule has 244 valence electrons. The maximum Gasteiger partial charge on any atom is 0.410 e. The van der Waals surface area contributed by atoms with E-state index in [2.05, 4.69) is 20.6 Å². The van der Waals surface area contributed by atoms with Crippen molar-refractivity contribution < 1.29 is 23.5 Å². The van der Waals surface area contributed by atoms with E-state index >= 15 is 4.39 Å². The molecule has 2 saturated carbocycles. The van der Waals surface area contributed by atoms with E-state index in [-0.39, 0.29) is 35.1 Å². The van der Waals surface area contributed by atoms with Gasteiger partial charge in [-0.25, -0.2) is 24.1 Å². The minimum Gasteiger partial charge on any atom is -0.444 e. The van der Waals surface area contributed by atoms with Crippen LogP contribution in [0, 0.1) is 24.1 Å². The zero-order valence-corrected chi connectivity index (χ0v) is 27.1. The predicted octanol–water partition coefficient (Wildman–Crippen LogP) is 7.48. The molecular formula is C36H39FN6O4. The molecule has 1 aliphatic heterocycles. The fraction of sp³-hybridized carbons (Fsp3) is 0.417. The van der Waals surface area contributed by atoms with E-state index in [9.17, 15) is 9.59 Å². The van der Waals surface area contributed by atoms with Crippen molar-refractivity contribution in [1.29, 1.82) is 0 Å². The van der Waals surface area contributed by atoms with Crippen LogP contribution in [0.25, 0.3) is 22.0 Å². The lowest BCUT2D eigenvalue weighted by atomic mass is 10.0. The molecular weight excluding hydrogens is 599 g/mol. The number of amides is 2. The molecule has 0 bridgehead atoms. The molecule has 10 nitrogen and oxygen atoms in total. The fourth-order valence-corrected chi connectivity index (χ4v) is 6.48. The molecule has 2 aromatic heterocycles. The second kappa shape index (κ2) is 11.8. The van der Waals surface area contributed by atoms with Crippen LogP contribution in [0.15, 0.2) is 54.9 Å². The molecule has 0 radical (unpaired) electrons. The number of ether oxygens (including phenoxy) is 2. The zero-order valence-electron chi connectivity index (χ0n) is 27.1. The first-order valence-corrected chi connectivity index (χ1v) is 16.2. The lowest BCUT2D eigenvalue weighted by Crippen LogP contribution is -2.47. The second-order valence-electron chi connectivity index (χ2n) is 14.0. The van der Waals surface area contributed by atoms with Crippen LogP contribution in [0.2, 0.25) is 0 Å².